The third-order valence-electron chi connectivity index (χ3n) is 6.58. The van der Waals surface area contributed by atoms with E-state index in [4.69, 9.17) is 4.74 Å². The average Bonchev–Trinajstić information content (AvgIpc) is 3.45. The highest BCUT2D eigenvalue weighted by Gasteiger charge is 2.58. The number of carbonyl (C=O) groups is 2. The molecule has 3 aliphatic rings. The van der Waals surface area contributed by atoms with Crippen molar-refractivity contribution in [2.24, 2.45) is 28.7 Å². The number of likely N-dealkylation sites (tertiary alicyclic amines) is 1. The minimum absolute atomic E-state index is 0.0298. The smallest absolute Gasteiger partial charge is 0.233 e. The van der Waals surface area contributed by atoms with Crippen LogP contribution in [0, 0.1) is 23.7 Å². The summed E-state index contributed by atoms with van der Waals surface area (Å²) in [6, 6.07) is 8.12. The van der Waals surface area contributed by atoms with E-state index in [0.29, 0.717) is 32.7 Å². The number of rotatable bonds is 9. The molecule has 2 N–H and O–H groups in total. The van der Waals surface area contributed by atoms with Gasteiger partial charge in [-0.25, -0.2) is 4.99 Å². The van der Waals surface area contributed by atoms with Crippen LogP contribution < -0.4 is 10.6 Å². The van der Waals surface area contributed by atoms with Crippen LogP contribution in [0.25, 0.3) is 0 Å². The first-order valence-electron chi connectivity index (χ1n) is 11.3. The quantitative estimate of drug-likeness (QED) is 0.209. The maximum Gasteiger partial charge on any atom is 0.233 e. The van der Waals surface area contributed by atoms with E-state index in [2.05, 4.69) is 39.9 Å². The molecule has 2 aliphatic carbocycles. The van der Waals surface area contributed by atoms with E-state index in [-0.39, 0.29) is 35.5 Å². The molecule has 2 fully saturated rings. The maximum atomic E-state index is 12.8. The number of nitrogens with zero attached hydrogens (tertiary/aromatic N) is 2. The first-order chi connectivity index (χ1) is 15.1. The first kappa shape index (κ1) is 21.6. The Morgan fingerprint density at radius 2 is 1.77 bits per heavy atom. The summed E-state index contributed by atoms with van der Waals surface area (Å²) in [6.07, 6.45) is 5.93. The van der Waals surface area contributed by atoms with Gasteiger partial charge in [0.25, 0.3) is 0 Å². The Morgan fingerprint density at radius 3 is 2.42 bits per heavy atom. The Balaban J connectivity index is 1.28. The predicted molar refractivity (Wildman–Crippen MR) is 119 cm³/mol. The fourth-order valence-electron chi connectivity index (χ4n) is 5.14. The van der Waals surface area contributed by atoms with Crippen molar-refractivity contribution in [3.05, 3.63) is 47.5 Å². The lowest BCUT2D eigenvalue weighted by molar-refractivity contribution is -0.140. The number of hydrogen-bond donors (Lipinski definition) is 2. The molecule has 4 rings (SSSR count). The number of aliphatic imine (C=N–C) groups is 1. The molecule has 1 aromatic rings. The second kappa shape index (κ2) is 9.64. The van der Waals surface area contributed by atoms with Gasteiger partial charge in [0.2, 0.25) is 11.8 Å². The molecule has 31 heavy (non-hydrogen) atoms. The Morgan fingerprint density at radius 1 is 1.10 bits per heavy atom. The van der Waals surface area contributed by atoms with Gasteiger partial charge in [0.1, 0.15) is 0 Å². The van der Waals surface area contributed by atoms with Crippen molar-refractivity contribution >= 4 is 17.8 Å². The minimum Gasteiger partial charge on any atom is -0.380 e. The third kappa shape index (κ3) is 4.37. The SMILES string of the molecule is CCNC(=NCc1ccccc1COC)NCCCN1C(=O)C2C3C=CC(C3)C2C1=O. The lowest BCUT2D eigenvalue weighted by Crippen LogP contribution is -2.40. The monoisotopic (exact) mass is 424 g/mol. The molecule has 1 aliphatic heterocycles. The summed E-state index contributed by atoms with van der Waals surface area (Å²) in [4.78, 5) is 31.7. The van der Waals surface area contributed by atoms with Gasteiger partial charge in [-0.3, -0.25) is 14.5 Å². The van der Waals surface area contributed by atoms with Crippen molar-refractivity contribution in [3.8, 4) is 0 Å². The number of fused-ring (bicyclic) bond motifs is 5. The van der Waals surface area contributed by atoms with Gasteiger partial charge in [-0.2, -0.15) is 0 Å². The zero-order valence-electron chi connectivity index (χ0n) is 18.3. The van der Waals surface area contributed by atoms with Crippen molar-refractivity contribution in [2.45, 2.75) is 32.9 Å². The molecule has 0 aromatic heterocycles. The summed E-state index contributed by atoms with van der Waals surface area (Å²) in [7, 11) is 1.69. The van der Waals surface area contributed by atoms with Crippen LogP contribution in [0.1, 0.15) is 30.9 Å². The molecule has 1 heterocycles. The largest absolute Gasteiger partial charge is 0.380 e. The summed E-state index contributed by atoms with van der Waals surface area (Å²) in [5.74, 6) is 1.10. The van der Waals surface area contributed by atoms with E-state index in [1.807, 2.05) is 19.1 Å². The molecular formula is C24H32N4O3. The van der Waals surface area contributed by atoms with Crippen LogP contribution in [0.4, 0.5) is 0 Å². The van der Waals surface area contributed by atoms with Crippen molar-refractivity contribution < 1.29 is 14.3 Å². The van der Waals surface area contributed by atoms with Gasteiger partial charge in [-0.05, 0) is 42.7 Å². The molecule has 2 amide bonds. The zero-order chi connectivity index (χ0) is 21.8. The van der Waals surface area contributed by atoms with E-state index >= 15 is 0 Å². The number of amides is 2. The summed E-state index contributed by atoms with van der Waals surface area (Å²) in [6.45, 7) is 5.01. The van der Waals surface area contributed by atoms with Crippen molar-refractivity contribution in [2.75, 3.05) is 26.7 Å². The number of allylic oxidation sites excluding steroid dienone is 2. The minimum atomic E-state index is -0.110. The zero-order valence-corrected chi connectivity index (χ0v) is 18.3. The van der Waals surface area contributed by atoms with Gasteiger partial charge in [-0.15, -0.1) is 0 Å². The Hall–Kier alpha value is -2.67. The third-order valence-corrected chi connectivity index (χ3v) is 6.58. The van der Waals surface area contributed by atoms with E-state index in [9.17, 15) is 9.59 Å². The number of methoxy groups -OCH3 is 1. The summed E-state index contributed by atoms with van der Waals surface area (Å²) in [5.41, 5.74) is 2.26. The normalized spacial score (nSPS) is 26.6. The van der Waals surface area contributed by atoms with Crippen LogP contribution >= 0.6 is 0 Å². The van der Waals surface area contributed by atoms with Crippen molar-refractivity contribution in [1.29, 1.82) is 0 Å². The molecule has 4 unspecified atom stereocenters. The van der Waals surface area contributed by atoms with Gasteiger partial charge >= 0.3 is 0 Å². The van der Waals surface area contributed by atoms with Crippen molar-refractivity contribution in [3.63, 3.8) is 0 Å². The Kier molecular flexibility index (Phi) is 6.70. The van der Waals surface area contributed by atoms with Crippen LogP contribution in [0.3, 0.4) is 0 Å². The Bertz CT molecular complexity index is 851. The van der Waals surface area contributed by atoms with Gasteiger partial charge in [-0.1, -0.05) is 36.4 Å². The molecule has 7 heteroatoms. The van der Waals surface area contributed by atoms with Gasteiger partial charge in [0.05, 0.1) is 25.0 Å². The number of carbonyl (C=O) groups excluding carboxylic acids is 2. The second-order valence-corrected chi connectivity index (χ2v) is 8.51. The molecule has 1 saturated heterocycles. The standard InChI is InChI=1S/C24H32N4O3/c1-3-25-24(27-14-18-7-4-5-8-19(18)15-31-2)26-11-6-12-28-22(29)20-16-9-10-17(13-16)21(20)23(28)30/h4-5,7-10,16-17,20-21H,3,6,11-15H2,1-2H3,(H2,25,26,27). The van der Waals surface area contributed by atoms with Crippen molar-refractivity contribution in [1.82, 2.24) is 15.5 Å². The highest BCUT2D eigenvalue weighted by Crippen LogP contribution is 2.52. The predicted octanol–water partition coefficient (Wildman–Crippen LogP) is 2.09. The number of nitrogens with one attached hydrogen (secondary N) is 2. The molecule has 166 valence electrons. The summed E-state index contributed by atoms with van der Waals surface area (Å²) < 4.78 is 5.27. The van der Waals surface area contributed by atoms with Gasteiger partial charge < -0.3 is 15.4 Å². The maximum absolute atomic E-state index is 12.8. The lowest BCUT2D eigenvalue weighted by Gasteiger charge is -2.18. The van der Waals surface area contributed by atoms with Crippen LogP contribution in [0.15, 0.2) is 41.4 Å². The van der Waals surface area contributed by atoms with Crippen LogP contribution in [0.2, 0.25) is 0 Å². The highest BCUT2D eigenvalue weighted by molar-refractivity contribution is 6.06. The lowest BCUT2D eigenvalue weighted by atomic mass is 9.85. The molecule has 1 saturated carbocycles. The fraction of sp³-hybridized carbons (Fsp3) is 0.542. The van der Waals surface area contributed by atoms with E-state index in [1.165, 1.54) is 4.90 Å². The fourth-order valence-corrected chi connectivity index (χ4v) is 5.14. The van der Waals surface area contributed by atoms with Gasteiger partial charge in [0.15, 0.2) is 5.96 Å². The molecule has 0 radical (unpaired) electrons. The van der Waals surface area contributed by atoms with Gasteiger partial charge in [0, 0.05) is 26.7 Å². The number of benzene rings is 1. The molecule has 0 spiro atoms. The Labute approximate surface area is 183 Å². The molecule has 1 aromatic carbocycles. The molecule has 7 nitrogen and oxygen atoms in total. The number of imide groups is 1. The molecule has 2 bridgehead atoms. The van der Waals surface area contributed by atoms with E-state index < -0.39 is 0 Å². The summed E-state index contributed by atoms with van der Waals surface area (Å²) >= 11 is 0. The molecular weight excluding hydrogens is 392 g/mol. The average molecular weight is 425 g/mol. The highest BCUT2D eigenvalue weighted by atomic mass is 16.5. The number of hydrogen-bond acceptors (Lipinski definition) is 4. The van der Waals surface area contributed by atoms with Crippen LogP contribution in [-0.4, -0.2) is 49.4 Å². The summed E-state index contributed by atoms with van der Waals surface area (Å²) in [5, 5.41) is 6.58. The second-order valence-electron chi connectivity index (χ2n) is 8.51. The number of guanidine groups is 1. The van der Waals surface area contributed by atoms with Crippen LogP contribution in [0.5, 0.6) is 0 Å². The number of ether oxygens (including phenoxy) is 1. The first-order valence-corrected chi connectivity index (χ1v) is 11.3. The molecule has 4 atom stereocenters. The topological polar surface area (TPSA) is 83.0 Å². The van der Waals surface area contributed by atoms with Crippen LogP contribution in [-0.2, 0) is 27.5 Å². The van der Waals surface area contributed by atoms with E-state index in [0.717, 1.165) is 30.1 Å². The van der Waals surface area contributed by atoms with E-state index in [1.54, 1.807) is 7.11 Å².